The molecule has 0 aliphatic heterocycles. The van der Waals surface area contributed by atoms with Crippen molar-refractivity contribution in [2.45, 2.75) is 45.2 Å². The summed E-state index contributed by atoms with van der Waals surface area (Å²) in [7, 11) is -2.56. The molecule has 0 fully saturated rings. The van der Waals surface area contributed by atoms with Gasteiger partial charge in [-0.05, 0) is 49.6 Å². The van der Waals surface area contributed by atoms with E-state index < -0.39 is 28.5 Å². The number of sulfonamides is 1. The zero-order valence-electron chi connectivity index (χ0n) is 20.0. The van der Waals surface area contributed by atoms with E-state index in [1.807, 2.05) is 20.8 Å². The molecule has 7 nitrogen and oxygen atoms in total. The molecular formula is C24H31Cl2N3O4S. The molecule has 10 heteroatoms. The van der Waals surface area contributed by atoms with Gasteiger partial charge in [-0.25, -0.2) is 8.42 Å². The first-order valence-electron chi connectivity index (χ1n) is 10.9. The number of nitrogens with one attached hydrogen (secondary N) is 1. The summed E-state index contributed by atoms with van der Waals surface area (Å²) in [6.07, 6.45) is 0. The van der Waals surface area contributed by atoms with E-state index in [0.717, 1.165) is 9.87 Å². The Hall–Kier alpha value is -2.13. The number of aryl methyl sites for hydroxylation is 1. The number of hydrogen-bond acceptors (Lipinski definition) is 4. The third-order valence-corrected chi connectivity index (χ3v) is 7.70. The number of likely N-dealkylation sites (N-methyl/N-ethyl adjacent to an activating group) is 1. The molecule has 34 heavy (non-hydrogen) atoms. The van der Waals surface area contributed by atoms with Crippen molar-refractivity contribution in [3.63, 3.8) is 0 Å². The van der Waals surface area contributed by atoms with Crippen molar-refractivity contribution in [3.05, 3.63) is 63.6 Å². The van der Waals surface area contributed by atoms with Gasteiger partial charge in [0.05, 0.1) is 11.4 Å². The van der Waals surface area contributed by atoms with Crippen molar-refractivity contribution in [1.82, 2.24) is 14.5 Å². The van der Waals surface area contributed by atoms with E-state index in [1.54, 1.807) is 37.3 Å². The van der Waals surface area contributed by atoms with Gasteiger partial charge in [-0.15, -0.1) is 0 Å². The van der Waals surface area contributed by atoms with Crippen LogP contribution in [0, 0.1) is 12.8 Å². The maximum absolute atomic E-state index is 13.3. The standard InChI is InChI=1S/C24H31Cl2N3O4S/c1-16(2)13-27-24(31)18(4)29(14-19-8-9-20(25)12-22(19)26)23(30)15-28(5)34(32,33)21-10-6-17(3)7-11-21/h6-12,16,18H,13-15H2,1-5H3,(H,27,31). The number of carbonyl (C=O) groups excluding carboxylic acids is 2. The maximum Gasteiger partial charge on any atom is 0.243 e. The molecule has 0 bridgehead atoms. The normalized spacial score (nSPS) is 12.6. The maximum atomic E-state index is 13.3. The summed E-state index contributed by atoms with van der Waals surface area (Å²) in [5.41, 5.74) is 1.51. The third kappa shape index (κ3) is 7.43. The first kappa shape index (κ1) is 28.1. The van der Waals surface area contributed by atoms with Crippen LogP contribution in [0.3, 0.4) is 0 Å². The van der Waals surface area contributed by atoms with E-state index in [-0.39, 0.29) is 23.3 Å². The highest BCUT2D eigenvalue weighted by Gasteiger charge is 2.30. The second-order valence-electron chi connectivity index (χ2n) is 8.65. The molecule has 0 aromatic heterocycles. The number of nitrogens with zero attached hydrogens (tertiary/aromatic N) is 2. The van der Waals surface area contributed by atoms with Crippen LogP contribution in [-0.2, 0) is 26.2 Å². The van der Waals surface area contributed by atoms with E-state index >= 15 is 0 Å². The number of halogens is 2. The second-order valence-corrected chi connectivity index (χ2v) is 11.5. The van der Waals surface area contributed by atoms with Crippen LogP contribution in [-0.4, -0.2) is 55.6 Å². The fraction of sp³-hybridized carbons (Fsp3) is 0.417. The average Bonchev–Trinajstić information content (AvgIpc) is 2.76. The Morgan fingerprint density at radius 3 is 2.21 bits per heavy atom. The minimum Gasteiger partial charge on any atom is -0.354 e. The van der Waals surface area contributed by atoms with Crippen molar-refractivity contribution in [3.8, 4) is 0 Å². The van der Waals surface area contributed by atoms with Gasteiger partial charge in [-0.2, -0.15) is 4.31 Å². The summed E-state index contributed by atoms with van der Waals surface area (Å²) < 4.78 is 26.9. The van der Waals surface area contributed by atoms with Crippen molar-refractivity contribution in [1.29, 1.82) is 0 Å². The zero-order valence-corrected chi connectivity index (χ0v) is 22.3. The van der Waals surface area contributed by atoms with E-state index in [0.29, 0.717) is 22.2 Å². The van der Waals surface area contributed by atoms with Crippen LogP contribution in [0.25, 0.3) is 0 Å². The van der Waals surface area contributed by atoms with Gasteiger partial charge in [0.25, 0.3) is 0 Å². The Morgan fingerprint density at radius 1 is 1.03 bits per heavy atom. The molecule has 0 saturated heterocycles. The minimum atomic E-state index is -3.90. The quantitative estimate of drug-likeness (QED) is 0.503. The average molecular weight is 529 g/mol. The molecule has 0 aliphatic rings. The lowest BCUT2D eigenvalue weighted by Gasteiger charge is -2.30. The fourth-order valence-corrected chi connectivity index (χ4v) is 4.71. The summed E-state index contributed by atoms with van der Waals surface area (Å²) in [5.74, 6) is -0.635. The van der Waals surface area contributed by atoms with Crippen LogP contribution in [0.15, 0.2) is 47.4 Å². The molecule has 2 rings (SSSR count). The fourth-order valence-electron chi connectivity index (χ4n) is 3.12. The zero-order chi connectivity index (χ0) is 25.6. The summed E-state index contributed by atoms with van der Waals surface area (Å²) in [5, 5.41) is 3.61. The number of hydrogen-bond donors (Lipinski definition) is 1. The molecule has 2 amide bonds. The van der Waals surface area contributed by atoms with Crippen molar-refractivity contribution >= 4 is 45.0 Å². The van der Waals surface area contributed by atoms with Gasteiger partial charge >= 0.3 is 0 Å². The molecule has 0 aliphatic carbocycles. The summed E-state index contributed by atoms with van der Waals surface area (Å²) in [6.45, 7) is 7.42. The lowest BCUT2D eigenvalue weighted by Crippen LogP contribution is -2.51. The van der Waals surface area contributed by atoms with Gasteiger partial charge in [-0.1, -0.05) is 60.8 Å². The molecule has 0 heterocycles. The summed E-state index contributed by atoms with van der Waals surface area (Å²) >= 11 is 12.3. The molecule has 0 spiro atoms. The van der Waals surface area contributed by atoms with Crippen molar-refractivity contribution in [2.24, 2.45) is 5.92 Å². The van der Waals surface area contributed by atoms with Crippen LogP contribution in [0.1, 0.15) is 31.9 Å². The Kier molecular flexibility index (Phi) is 9.94. The van der Waals surface area contributed by atoms with Crippen LogP contribution in [0.2, 0.25) is 10.0 Å². The van der Waals surface area contributed by atoms with E-state index in [4.69, 9.17) is 23.2 Å². The number of benzene rings is 2. The van der Waals surface area contributed by atoms with Gasteiger partial charge in [0.1, 0.15) is 6.04 Å². The smallest absolute Gasteiger partial charge is 0.243 e. The lowest BCUT2D eigenvalue weighted by atomic mass is 10.1. The number of amides is 2. The first-order valence-corrected chi connectivity index (χ1v) is 13.1. The van der Waals surface area contributed by atoms with Crippen molar-refractivity contribution < 1.29 is 18.0 Å². The molecule has 1 unspecified atom stereocenters. The van der Waals surface area contributed by atoms with Gasteiger partial charge < -0.3 is 10.2 Å². The molecule has 1 atom stereocenters. The SMILES string of the molecule is Cc1ccc(S(=O)(=O)N(C)CC(=O)N(Cc2ccc(Cl)cc2Cl)C(C)C(=O)NCC(C)C)cc1. The molecule has 0 radical (unpaired) electrons. The highest BCUT2D eigenvalue weighted by Crippen LogP contribution is 2.24. The van der Waals surface area contributed by atoms with E-state index in [1.165, 1.54) is 24.1 Å². The van der Waals surface area contributed by atoms with Crippen LogP contribution in [0.4, 0.5) is 0 Å². The largest absolute Gasteiger partial charge is 0.354 e. The van der Waals surface area contributed by atoms with Crippen LogP contribution in [0.5, 0.6) is 0 Å². The molecule has 2 aromatic carbocycles. The molecule has 2 aromatic rings. The molecule has 186 valence electrons. The Bertz CT molecular complexity index is 1120. The first-order chi connectivity index (χ1) is 15.8. The second kappa shape index (κ2) is 12.0. The summed E-state index contributed by atoms with van der Waals surface area (Å²) in [4.78, 5) is 27.5. The Labute approximate surface area is 212 Å². The molecule has 0 saturated carbocycles. The predicted molar refractivity (Wildman–Crippen MR) is 135 cm³/mol. The Balaban J connectivity index is 2.29. The van der Waals surface area contributed by atoms with E-state index in [2.05, 4.69) is 5.32 Å². The van der Waals surface area contributed by atoms with Crippen molar-refractivity contribution in [2.75, 3.05) is 20.1 Å². The van der Waals surface area contributed by atoms with Gasteiger partial charge in [0.2, 0.25) is 21.8 Å². The highest BCUT2D eigenvalue weighted by atomic mass is 35.5. The number of rotatable bonds is 10. The molecule has 1 N–H and O–H groups in total. The van der Waals surface area contributed by atoms with Crippen LogP contribution < -0.4 is 5.32 Å². The van der Waals surface area contributed by atoms with Gasteiger partial charge in [0.15, 0.2) is 0 Å². The van der Waals surface area contributed by atoms with Gasteiger partial charge in [0, 0.05) is 30.2 Å². The van der Waals surface area contributed by atoms with Crippen LogP contribution >= 0.6 is 23.2 Å². The monoisotopic (exact) mass is 527 g/mol. The molecular weight excluding hydrogens is 497 g/mol. The highest BCUT2D eigenvalue weighted by molar-refractivity contribution is 7.89. The topological polar surface area (TPSA) is 86.8 Å². The van der Waals surface area contributed by atoms with Gasteiger partial charge in [-0.3, -0.25) is 9.59 Å². The summed E-state index contributed by atoms with van der Waals surface area (Å²) in [6, 6.07) is 10.4. The minimum absolute atomic E-state index is 0.0174. The lowest BCUT2D eigenvalue weighted by molar-refractivity contribution is -0.140. The Morgan fingerprint density at radius 2 is 1.65 bits per heavy atom. The third-order valence-electron chi connectivity index (χ3n) is 5.29. The van der Waals surface area contributed by atoms with E-state index in [9.17, 15) is 18.0 Å². The number of carbonyl (C=O) groups is 2. The predicted octanol–water partition coefficient (Wildman–Crippen LogP) is 4.11.